The summed E-state index contributed by atoms with van der Waals surface area (Å²) in [5.41, 5.74) is 1.15. The molecule has 72 valence electrons. The predicted molar refractivity (Wildman–Crippen MR) is 47.8 cm³/mol. The molecular formula is C9H11N4O+. The van der Waals surface area contributed by atoms with Crippen LogP contribution in [0.15, 0.2) is 36.7 Å². The summed E-state index contributed by atoms with van der Waals surface area (Å²) in [6.45, 7) is 1.02. The fourth-order valence-corrected chi connectivity index (χ4v) is 1.10. The van der Waals surface area contributed by atoms with E-state index in [9.17, 15) is 0 Å². The summed E-state index contributed by atoms with van der Waals surface area (Å²) in [7, 11) is 0. The molecule has 0 saturated carbocycles. The number of benzene rings is 1. The normalized spacial score (nSPS) is 10.3. The molecule has 5 heteroatoms. The van der Waals surface area contributed by atoms with Crippen LogP contribution in [0, 0.1) is 0 Å². The van der Waals surface area contributed by atoms with Crippen LogP contribution in [-0.4, -0.2) is 15.5 Å². The fraction of sp³-hybridized carbons (Fsp3) is 0.222. The van der Waals surface area contributed by atoms with E-state index in [0.717, 1.165) is 5.56 Å². The summed E-state index contributed by atoms with van der Waals surface area (Å²) >= 11 is 0. The van der Waals surface area contributed by atoms with Gasteiger partial charge in [0.25, 0.3) is 6.33 Å². The number of tetrazole rings is 1. The molecule has 0 aliphatic rings. The molecule has 0 saturated heterocycles. The zero-order valence-corrected chi connectivity index (χ0v) is 7.63. The van der Waals surface area contributed by atoms with Crippen molar-refractivity contribution in [2.24, 2.45) is 0 Å². The summed E-state index contributed by atoms with van der Waals surface area (Å²) in [5.74, 6) is 0. The number of H-pyrrole nitrogens is 1. The average Bonchev–Trinajstić information content (AvgIpc) is 2.72. The van der Waals surface area contributed by atoms with Gasteiger partial charge in [0.2, 0.25) is 0 Å². The molecule has 0 spiro atoms. The van der Waals surface area contributed by atoms with Crippen molar-refractivity contribution in [1.82, 2.24) is 15.5 Å². The Morgan fingerprint density at radius 1 is 1.29 bits per heavy atom. The Morgan fingerprint density at radius 2 is 2.14 bits per heavy atom. The Balaban J connectivity index is 1.79. The van der Waals surface area contributed by atoms with E-state index in [1.807, 2.05) is 30.3 Å². The Labute approximate surface area is 81.3 Å². The van der Waals surface area contributed by atoms with Gasteiger partial charge in [0, 0.05) is 0 Å². The van der Waals surface area contributed by atoms with Gasteiger partial charge in [-0.1, -0.05) is 35.5 Å². The van der Waals surface area contributed by atoms with Crippen molar-refractivity contribution < 1.29 is 9.42 Å². The van der Waals surface area contributed by atoms with Gasteiger partial charge in [0.15, 0.2) is 11.9 Å². The average molecular weight is 191 g/mol. The van der Waals surface area contributed by atoms with Crippen molar-refractivity contribution in [3.05, 3.63) is 42.2 Å². The largest absolute Gasteiger partial charge is 0.342 e. The smallest absolute Gasteiger partial charge is 0.290 e. The Kier molecular flexibility index (Phi) is 2.82. The van der Waals surface area contributed by atoms with Crippen molar-refractivity contribution in [2.75, 3.05) is 0 Å². The van der Waals surface area contributed by atoms with Gasteiger partial charge in [-0.05, 0) is 5.56 Å². The van der Waals surface area contributed by atoms with E-state index in [1.54, 1.807) is 11.0 Å². The zero-order chi connectivity index (χ0) is 9.64. The summed E-state index contributed by atoms with van der Waals surface area (Å²) in [6, 6.07) is 10.0. The van der Waals surface area contributed by atoms with Crippen LogP contribution in [-0.2, 0) is 18.1 Å². The van der Waals surface area contributed by atoms with E-state index in [2.05, 4.69) is 15.5 Å². The van der Waals surface area contributed by atoms with Crippen molar-refractivity contribution in [3.63, 3.8) is 0 Å². The minimum Gasteiger partial charge on any atom is -0.342 e. The van der Waals surface area contributed by atoms with Crippen LogP contribution in [0.1, 0.15) is 5.56 Å². The monoisotopic (exact) mass is 191 g/mol. The number of aromatic amines is 1. The molecular weight excluding hydrogens is 180 g/mol. The van der Waals surface area contributed by atoms with Crippen molar-refractivity contribution >= 4 is 0 Å². The van der Waals surface area contributed by atoms with Gasteiger partial charge in [0.1, 0.15) is 5.10 Å². The molecule has 5 nitrogen and oxygen atoms in total. The van der Waals surface area contributed by atoms with Gasteiger partial charge in [-0.2, -0.15) is 0 Å². The van der Waals surface area contributed by atoms with Gasteiger partial charge in [-0.15, -0.1) is 4.68 Å². The van der Waals surface area contributed by atoms with E-state index in [1.165, 1.54) is 0 Å². The summed E-state index contributed by atoms with van der Waals surface area (Å²) in [4.78, 5) is 0. The van der Waals surface area contributed by atoms with Crippen LogP contribution in [0.4, 0.5) is 0 Å². The standard InChI is InChI=1S/C9H10N4O/c1-2-4-9(5-3-1)6-14-8-13-7-10-11-12-13/h1-5,7H,6,8H2/p+1. The van der Waals surface area contributed by atoms with Gasteiger partial charge >= 0.3 is 0 Å². The summed E-state index contributed by atoms with van der Waals surface area (Å²) in [5, 5.41) is 9.83. The van der Waals surface area contributed by atoms with Gasteiger partial charge < -0.3 is 4.74 Å². The molecule has 0 aliphatic carbocycles. The molecule has 1 aromatic carbocycles. The van der Waals surface area contributed by atoms with Crippen molar-refractivity contribution in [1.29, 1.82) is 0 Å². The second kappa shape index (κ2) is 4.48. The zero-order valence-electron chi connectivity index (χ0n) is 7.63. The topological polar surface area (TPSA) is 54.7 Å². The highest BCUT2D eigenvalue weighted by Crippen LogP contribution is 1.99. The van der Waals surface area contributed by atoms with Crippen LogP contribution in [0.2, 0.25) is 0 Å². The third kappa shape index (κ3) is 2.37. The number of nitrogens with one attached hydrogen (secondary N) is 1. The van der Waals surface area contributed by atoms with Gasteiger partial charge in [0.05, 0.1) is 6.61 Å². The maximum atomic E-state index is 5.42. The molecule has 1 aromatic heterocycles. The Hall–Kier alpha value is -1.75. The molecule has 0 bridgehead atoms. The Bertz CT molecular complexity index is 360. The quantitative estimate of drug-likeness (QED) is 0.705. The van der Waals surface area contributed by atoms with E-state index in [0.29, 0.717) is 13.3 Å². The number of ether oxygens (including phenoxy) is 1. The number of hydrogen-bond donors (Lipinski definition) is 1. The van der Waals surface area contributed by atoms with Crippen LogP contribution in [0.5, 0.6) is 0 Å². The van der Waals surface area contributed by atoms with Crippen molar-refractivity contribution in [3.8, 4) is 0 Å². The highest BCUT2D eigenvalue weighted by atomic mass is 16.5. The molecule has 0 unspecified atom stereocenters. The van der Waals surface area contributed by atoms with Crippen LogP contribution < -0.4 is 4.68 Å². The van der Waals surface area contributed by atoms with E-state index < -0.39 is 0 Å². The first kappa shape index (κ1) is 8.83. The molecule has 0 amide bonds. The molecule has 1 N–H and O–H groups in total. The first-order chi connectivity index (χ1) is 6.95. The lowest BCUT2D eigenvalue weighted by atomic mass is 10.2. The third-order valence-corrected chi connectivity index (χ3v) is 1.76. The van der Waals surface area contributed by atoms with Crippen molar-refractivity contribution in [2.45, 2.75) is 13.3 Å². The SMILES string of the molecule is c1ccc(COC[n+]2cnn[nH]2)cc1. The number of aromatic nitrogens is 4. The van der Waals surface area contributed by atoms with Gasteiger partial charge in [-0.3, -0.25) is 0 Å². The lowest BCUT2D eigenvalue weighted by molar-refractivity contribution is -0.786. The first-order valence-electron chi connectivity index (χ1n) is 4.32. The summed E-state index contributed by atoms with van der Waals surface area (Å²) in [6.07, 6.45) is 1.57. The van der Waals surface area contributed by atoms with Crippen LogP contribution >= 0.6 is 0 Å². The van der Waals surface area contributed by atoms with E-state index in [-0.39, 0.29) is 0 Å². The minimum absolute atomic E-state index is 0.432. The third-order valence-electron chi connectivity index (χ3n) is 1.76. The first-order valence-corrected chi connectivity index (χ1v) is 4.32. The maximum absolute atomic E-state index is 5.42. The van der Waals surface area contributed by atoms with E-state index in [4.69, 9.17) is 4.74 Å². The lowest BCUT2D eigenvalue weighted by Gasteiger charge is -2.00. The minimum atomic E-state index is 0.432. The second-order valence-electron chi connectivity index (χ2n) is 2.86. The maximum Gasteiger partial charge on any atom is 0.290 e. The number of nitrogens with zero attached hydrogens (tertiary/aromatic N) is 3. The predicted octanol–water partition coefficient (Wildman–Crippen LogP) is 0.266. The summed E-state index contributed by atoms with van der Waals surface area (Å²) < 4.78 is 7.07. The van der Waals surface area contributed by atoms with Crippen LogP contribution in [0.3, 0.4) is 0 Å². The highest BCUT2D eigenvalue weighted by molar-refractivity contribution is 5.13. The molecule has 0 fully saturated rings. The molecule has 1 heterocycles. The Morgan fingerprint density at radius 3 is 2.86 bits per heavy atom. The molecule has 0 radical (unpaired) electrons. The van der Waals surface area contributed by atoms with Gasteiger partial charge in [-0.25, -0.2) is 0 Å². The van der Waals surface area contributed by atoms with E-state index >= 15 is 0 Å². The molecule has 14 heavy (non-hydrogen) atoms. The molecule has 0 aliphatic heterocycles. The molecule has 2 rings (SSSR count). The van der Waals surface area contributed by atoms with Crippen LogP contribution in [0.25, 0.3) is 0 Å². The second-order valence-corrected chi connectivity index (χ2v) is 2.86. The molecule has 2 aromatic rings. The molecule has 0 atom stereocenters. The fourth-order valence-electron chi connectivity index (χ4n) is 1.10. The lowest BCUT2D eigenvalue weighted by Crippen LogP contribution is -2.36. The number of hydrogen-bond acceptors (Lipinski definition) is 3. The highest BCUT2D eigenvalue weighted by Gasteiger charge is 1.98. The number of rotatable bonds is 4.